The smallest absolute Gasteiger partial charge is 0.311 e. The lowest BCUT2D eigenvalue weighted by atomic mass is 9.82. The highest BCUT2D eigenvalue weighted by Crippen LogP contribution is 2.32. The largest absolute Gasteiger partial charge is 0.494 e. The van der Waals surface area contributed by atoms with Gasteiger partial charge >= 0.3 is 5.97 Å². The van der Waals surface area contributed by atoms with Crippen LogP contribution >= 0.6 is 0 Å². The lowest BCUT2D eigenvalue weighted by molar-refractivity contribution is -0.153. The van der Waals surface area contributed by atoms with Gasteiger partial charge in [0.15, 0.2) is 0 Å². The van der Waals surface area contributed by atoms with Crippen LogP contribution in [0.15, 0.2) is 24.3 Å². The highest BCUT2D eigenvalue weighted by Gasteiger charge is 2.39. The van der Waals surface area contributed by atoms with Gasteiger partial charge in [-0.1, -0.05) is 18.2 Å². The number of carboxylic acids is 1. The zero-order chi connectivity index (χ0) is 20.0. The molecule has 1 aliphatic rings. The molecule has 2 N–H and O–H groups in total. The van der Waals surface area contributed by atoms with Gasteiger partial charge in [0.25, 0.3) is 0 Å². The molecule has 1 saturated heterocycles. The molecule has 2 unspecified atom stereocenters. The molecule has 1 fully saturated rings. The van der Waals surface area contributed by atoms with Crippen molar-refractivity contribution in [1.82, 2.24) is 10.2 Å². The van der Waals surface area contributed by atoms with E-state index in [1.165, 1.54) is 6.92 Å². The fourth-order valence-corrected chi connectivity index (χ4v) is 3.47. The number of likely N-dealkylation sites (tertiary alicyclic amines) is 1. The van der Waals surface area contributed by atoms with Crippen molar-refractivity contribution in [1.29, 1.82) is 0 Å². The summed E-state index contributed by atoms with van der Waals surface area (Å²) in [5.41, 5.74) is -0.193. The minimum atomic E-state index is -0.930. The van der Waals surface area contributed by atoms with Gasteiger partial charge in [-0.25, -0.2) is 0 Å². The molecule has 1 heterocycles. The Morgan fingerprint density at radius 2 is 2.04 bits per heavy atom. The van der Waals surface area contributed by atoms with Gasteiger partial charge in [-0.2, -0.15) is 0 Å². The number of ether oxygens (including phenoxy) is 1. The van der Waals surface area contributed by atoms with E-state index in [-0.39, 0.29) is 24.8 Å². The average molecular weight is 376 g/mol. The normalized spacial score (nSPS) is 20.6. The van der Waals surface area contributed by atoms with Crippen LogP contribution in [0.4, 0.5) is 0 Å². The number of amides is 2. The van der Waals surface area contributed by atoms with Crippen LogP contribution in [0.1, 0.15) is 51.6 Å². The fourth-order valence-electron chi connectivity index (χ4n) is 3.47. The van der Waals surface area contributed by atoms with Gasteiger partial charge in [0.2, 0.25) is 11.8 Å². The number of benzene rings is 1. The first kappa shape index (κ1) is 20.7. The topological polar surface area (TPSA) is 95.9 Å². The van der Waals surface area contributed by atoms with Crippen molar-refractivity contribution >= 4 is 17.8 Å². The summed E-state index contributed by atoms with van der Waals surface area (Å²) in [6.45, 7) is 6.13. The van der Waals surface area contributed by atoms with E-state index in [4.69, 9.17) is 4.74 Å². The SMILES string of the molecule is CCOc1ccccc1C(CC(=O)N1CCCC(C)(C(=O)O)C1)NC(C)=O. The van der Waals surface area contributed by atoms with Gasteiger partial charge in [-0.15, -0.1) is 0 Å². The number of para-hydroxylation sites is 1. The van der Waals surface area contributed by atoms with Crippen molar-refractivity contribution in [2.45, 2.75) is 46.1 Å². The summed E-state index contributed by atoms with van der Waals surface area (Å²) in [6, 6.07) is 6.77. The molecule has 0 spiro atoms. The lowest BCUT2D eigenvalue weighted by Crippen LogP contribution is -2.49. The van der Waals surface area contributed by atoms with E-state index in [9.17, 15) is 19.5 Å². The maximum absolute atomic E-state index is 12.9. The molecule has 1 aliphatic heterocycles. The molecule has 2 atom stereocenters. The van der Waals surface area contributed by atoms with E-state index in [1.54, 1.807) is 17.9 Å². The van der Waals surface area contributed by atoms with Crippen LogP contribution in [0.5, 0.6) is 5.75 Å². The predicted molar refractivity (Wildman–Crippen MR) is 100 cm³/mol. The van der Waals surface area contributed by atoms with Crippen LogP contribution in [-0.2, 0) is 14.4 Å². The number of piperidine rings is 1. The zero-order valence-corrected chi connectivity index (χ0v) is 16.2. The molecule has 0 radical (unpaired) electrons. The second-order valence-electron chi connectivity index (χ2n) is 7.21. The quantitative estimate of drug-likeness (QED) is 0.762. The van der Waals surface area contributed by atoms with E-state index < -0.39 is 17.4 Å². The van der Waals surface area contributed by atoms with Gasteiger partial charge in [0.1, 0.15) is 5.75 Å². The first-order valence-corrected chi connectivity index (χ1v) is 9.27. The van der Waals surface area contributed by atoms with E-state index >= 15 is 0 Å². The molecule has 0 aliphatic carbocycles. The molecule has 2 rings (SSSR count). The summed E-state index contributed by atoms with van der Waals surface area (Å²) in [5.74, 6) is -0.680. The Hall–Kier alpha value is -2.57. The molecule has 0 bridgehead atoms. The second kappa shape index (κ2) is 8.88. The maximum atomic E-state index is 12.9. The Morgan fingerprint density at radius 3 is 2.67 bits per heavy atom. The van der Waals surface area contributed by atoms with Crippen molar-refractivity contribution in [3.63, 3.8) is 0 Å². The molecular weight excluding hydrogens is 348 g/mol. The highest BCUT2D eigenvalue weighted by molar-refractivity contribution is 5.81. The molecule has 148 valence electrons. The van der Waals surface area contributed by atoms with Crippen molar-refractivity contribution in [3.8, 4) is 5.75 Å². The van der Waals surface area contributed by atoms with Gasteiger partial charge in [-0.3, -0.25) is 14.4 Å². The van der Waals surface area contributed by atoms with Crippen LogP contribution in [0.25, 0.3) is 0 Å². The predicted octanol–water partition coefficient (Wildman–Crippen LogP) is 2.37. The highest BCUT2D eigenvalue weighted by atomic mass is 16.5. The summed E-state index contributed by atoms with van der Waals surface area (Å²) in [5, 5.41) is 12.3. The number of rotatable bonds is 7. The van der Waals surface area contributed by atoms with Gasteiger partial charge in [0, 0.05) is 25.6 Å². The standard InChI is InChI=1S/C20H28N2O5/c1-4-27-17-9-6-5-8-15(17)16(21-14(2)23)12-18(24)22-11-7-10-20(3,13-22)19(25)26/h5-6,8-9,16H,4,7,10-13H2,1-3H3,(H,21,23)(H,25,26). The number of hydrogen-bond donors (Lipinski definition) is 2. The molecule has 0 aromatic heterocycles. The van der Waals surface area contributed by atoms with Crippen LogP contribution in [0, 0.1) is 5.41 Å². The number of carbonyl (C=O) groups excluding carboxylic acids is 2. The Labute approximate surface area is 159 Å². The minimum absolute atomic E-state index is 0.0549. The fraction of sp³-hybridized carbons (Fsp3) is 0.550. The van der Waals surface area contributed by atoms with Crippen molar-refractivity contribution in [3.05, 3.63) is 29.8 Å². The van der Waals surface area contributed by atoms with Crippen molar-refractivity contribution < 1.29 is 24.2 Å². The summed E-state index contributed by atoms with van der Waals surface area (Å²) in [7, 11) is 0. The summed E-state index contributed by atoms with van der Waals surface area (Å²) < 4.78 is 5.64. The Kier molecular flexibility index (Phi) is 6.82. The first-order valence-electron chi connectivity index (χ1n) is 9.27. The monoisotopic (exact) mass is 376 g/mol. The second-order valence-corrected chi connectivity index (χ2v) is 7.21. The Morgan fingerprint density at radius 1 is 1.33 bits per heavy atom. The summed E-state index contributed by atoms with van der Waals surface area (Å²) >= 11 is 0. The molecule has 2 amide bonds. The Balaban J connectivity index is 2.20. The molecule has 27 heavy (non-hydrogen) atoms. The van der Waals surface area contributed by atoms with Crippen LogP contribution < -0.4 is 10.1 Å². The van der Waals surface area contributed by atoms with Gasteiger partial charge in [0.05, 0.1) is 24.5 Å². The number of nitrogens with one attached hydrogen (secondary N) is 1. The number of carboxylic acid groups (broad SMARTS) is 1. The molecule has 0 saturated carbocycles. The maximum Gasteiger partial charge on any atom is 0.311 e. The van der Waals surface area contributed by atoms with Crippen LogP contribution in [-0.4, -0.2) is 47.5 Å². The third-order valence-corrected chi connectivity index (χ3v) is 4.92. The minimum Gasteiger partial charge on any atom is -0.494 e. The van der Waals surface area contributed by atoms with E-state index in [1.807, 2.05) is 25.1 Å². The number of hydrogen-bond acceptors (Lipinski definition) is 4. The lowest BCUT2D eigenvalue weighted by Gasteiger charge is -2.38. The summed E-state index contributed by atoms with van der Waals surface area (Å²) in [4.78, 5) is 37.7. The van der Waals surface area contributed by atoms with Crippen LogP contribution in [0.3, 0.4) is 0 Å². The van der Waals surface area contributed by atoms with E-state index in [0.29, 0.717) is 31.7 Å². The van der Waals surface area contributed by atoms with E-state index in [2.05, 4.69) is 5.32 Å². The van der Waals surface area contributed by atoms with Crippen LogP contribution in [0.2, 0.25) is 0 Å². The molecule has 7 heteroatoms. The van der Waals surface area contributed by atoms with Crippen molar-refractivity contribution in [2.75, 3.05) is 19.7 Å². The third-order valence-electron chi connectivity index (χ3n) is 4.92. The van der Waals surface area contributed by atoms with Crippen molar-refractivity contribution in [2.24, 2.45) is 5.41 Å². The summed E-state index contributed by atoms with van der Waals surface area (Å²) in [6.07, 6.45) is 1.25. The number of carbonyl (C=O) groups is 3. The molecular formula is C20H28N2O5. The number of nitrogens with zero attached hydrogens (tertiary/aromatic N) is 1. The average Bonchev–Trinajstić information content (AvgIpc) is 2.61. The van der Waals surface area contributed by atoms with E-state index in [0.717, 1.165) is 5.56 Å². The van der Waals surface area contributed by atoms with Gasteiger partial charge in [-0.05, 0) is 32.8 Å². The zero-order valence-electron chi connectivity index (χ0n) is 16.2. The third kappa shape index (κ3) is 5.21. The first-order chi connectivity index (χ1) is 12.8. The molecule has 1 aromatic rings. The molecule has 7 nitrogen and oxygen atoms in total. The Bertz CT molecular complexity index is 705. The molecule has 1 aromatic carbocycles. The number of aliphatic carboxylic acids is 1. The van der Waals surface area contributed by atoms with Gasteiger partial charge < -0.3 is 20.1 Å².